The molecule has 1 aromatic carbocycles. The van der Waals surface area contributed by atoms with E-state index < -0.39 is 0 Å². The highest BCUT2D eigenvalue weighted by Gasteiger charge is 2.14. The molecule has 0 unspecified atom stereocenters. The SMILES string of the molecule is COC(=O)c1ccc(N)c(-n2nc(C)c(C)c2C)c1. The Morgan fingerprint density at radius 2 is 2.00 bits per heavy atom. The molecule has 0 radical (unpaired) electrons. The summed E-state index contributed by atoms with van der Waals surface area (Å²) >= 11 is 0. The second kappa shape index (κ2) is 4.76. The standard InChI is InChI=1S/C14H17N3O2/c1-8-9(2)16-17(10(8)3)13-7-11(14(18)19-4)5-6-12(13)15/h5-7H,15H2,1-4H3. The summed E-state index contributed by atoms with van der Waals surface area (Å²) in [6.45, 7) is 5.92. The van der Waals surface area contributed by atoms with Crippen LogP contribution in [-0.4, -0.2) is 22.9 Å². The Balaban J connectivity index is 2.61. The van der Waals surface area contributed by atoms with E-state index in [1.54, 1.807) is 22.9 Å². The van der Waals surface area contributed by atoms with Crippen LogP contribution in [0.4, 0.5) is 5.69 Å². The van der Waals surface area contributed by atoms with E-state index in [0.717, 1.165) is 17.0 Å². The average molecular weight is 259 g/mol. The minimum Gasteiger partial charge on any atom is -0.465 e. The number of rotatable bonds is 2. The largest absolute Gasteiger partial charge is 0.465 e. The topological polar surface area (TPSA) is 70.1 Å². The molecule has 1 heterocycles. The zero-order valence-electron chi connectivity index (χ0n) is 11.5. The second-order valence-corrected chi connectivity index (χ2v) is 4.47. The Bertz CT molecular complexity index is 644. The summed E-state index contributed by atoms with van der Waals surface area (Å²) in [5.74, 6) is -0.389. The summed E-state index contributed by atoms with van der Waals surface area (Å²) in [4.78, 5) is 11.6. The molecule has 0 aliphatic heterocycles. The van der Waals surface area contributed by atoms with E-state index in [9.17, 15) is 4.79 Å². The van der Waals surface area contributed by atoms with Gasteiger partial charge in [-0.1, -0.05) is 0 Å². The fraction of sp³-hybridized carbons (Fsp3) is 0.286. The lowest BCUT2D eigenvalue weighted by Crippen LogP contribution is -2.07. The van der Waals surface area contributed by atoms with Crippen LogP contribution in [0, 0.1) is 20.8 Å². The number of esters is 1. The van der Waals surface area contributed by atoms with E-state index in [0.29, 0.717) is 16.9 Å². The smallest absolute Gasteiger partial charge is 0.337 e. The van der Waals surface area contributed by atoms with E-state index in [2.05, 4.69) is 5.10 Å². The van der Waals surface area contributed by atoms with Crippen LogP contribution in [-0.2, 0) is 4.74 Å². The van der Waals surface area contributed by atoms with Crippen molar-refractivity contribution in [1.29, 1.82) is 0 Å². The van der Waals surface area contributed by atoms with Crippen molar-refractivity contribution >= 4 is 11.7 Å². The molecule has 19 heavy (non-hydrogen) atoms. The molecular weight excluding hydrogens is 242 g/mol. The van der Waals surface area contributed by atoms with Crippen molar-refractivity contribution in [3.8, 4) is 5.69 Å². The summed E-state index contributed by atoms with van der Waals surface area (Å²) in [7, 11) is 1.35. The van der Waals surface area contributed by atoms with Crippen LogP contribution in [0.25, 0.3) is 5.69 Å². The number of nitrogen functional groups attached to an aromatic ring is 1. The average Bonchev–Trinajstić information content (AvgIpc) is 2.66. The Morgan fingerprint density at radius 3 is 2.53 bits per heavy atom. The van der Waals surface area contributed by atoms with Crippen LogP contribution in [0.1, 0.15) is 27.3 Å². The zero-order chi connectivity index (χ0) is 14.2. The molecule has 0 amide bonds. The highest BCUT2D eigenvalue weighted by molar-refractivity contribution is 5.91. The molecule has 0 saturated heterocycles. The maximum Gasteiger partial charge on any atom is 0.337 e. The van der Waals surface area contributed by atoms with Crippen molar-refractivity contribution in [3.05, 3.63) is 40.7 Å². The first-order chi connectivity index (χ1) is 8.95. The maximum absolute atomic E-state index is 11.6. The van der Waals surface area contributed by atoms with Crippen LogP contribution >= 0.6 is 0 Å². The molecule has 0 saturated carbocycles. The number of hydrogen-bond donors (Lipinski definition) is 1. The van der Waals surface area contributed by atoms with Gasteiger partial charge in [0.2, 0.25) is 0 Å². The molecule has 2 rings (SSSR count). The lowest BCUT2D eigenvalue weighted by atomic mass is 10.1. The van der Waals surface area contributed by atoms with Gasteiger partial charge < -0.3 is 10.5 Å². The van der Waals surface area contributed by atoms with Crippen LogP contribution in [0.2, 0.25) is 0 Å². The Kier molecular flexibility index (Phi) is 3.29. The number of aryl methyl sites for hydroxylation is 1. The van der Waals surface area contributed by atoms with Gasteiger partial charge in [0.15, 0.2) is 0 Å². The number of carbonyl (C=O) groups excluding carboxylic acids is 1. The molecule has 0 bridgehead atoms. The third kappa shape index (κ3) is 2.19. The first kappa shape index (κ1) is 13.1. The summed E-state index contributed by atoms with van der Waals surface area (Å²) in [5, 5.41) is 4.45. The van der Waals surface area contributed by atoms with Crippen molar-refractivity contribution < 1.29 is 9.53 Å². The summed E-state index contributed by atoms with van der Waals surface area (Å²) < 4.78 is 6.47. The fourth-order valence-electron chi connectivity index (χ4n) is 1.93. The van der Waals surface area contributed by atoms with Gasteiger partial charge in [-0.05, 0) is 44.5 Å². The number of nitrogens with two attached hydrogens (primary N) is 1. The van der Waals surface area contributed by atoms with Crippen molar-refractivity contribution in [2.45, 2.75) is 20.8 Å². The van der Waals surface area contributed by atoms with E-state index in [1.807, 2.05) is 20.8 Å². The van der Waals surface area contributed by atoms with Gasteiger partial charge in [-0.15, -0.1) is 0 Å². The number of benzene rings is 1. The van der Waals surface area contributed by atoms with Gasteiger partial charge in [0.25, 0.3) is 0 Å². The molecule has 0 fully saturated rings. The predicted octanol–water partition coefficient (Wildman–Crippen LogP) is 2.17. The Hall–Kier alpha value is -2.30. The minimum absolute atomic E-state index is 0.389. The fourth-order valence-corrected chi connectivity index (χ4v) is 1.93. The molecule has 1 aromatic heterocycles. The Morgan fingerprint density at radius 1 is 1.32 bits per heavy atom. The third-order valence-corrected chi connectivity index (χ3v) is 3.33. The summed E-state index contributed by atoms with van der Waals surface area (Å²) in [6, 6.07) is 5.02. The molecule has 5 nitrogen and oxygen atoms in total. The van der Waals surface area contributed by atoms with Crippen LogP contribution < -0.4 is 5.73 Å². The normalized spacial score (nSPS) is 10.5. The predicted molar refractivity (Wildman–Crippen MR) is 73.5 cm³/mol. The molecule has 2 N–H and O–H groups in total. The highest BCUT2D eigenvalue weighted by atomic mass is 16.5. The number of carbonyl (C=O) groups is 1. The van der Waals surface area contributed by atoms with Crippen LogP contribution in [0.3, 0.4) is 0 Å². The monoisotopic (exact) mass is 259 g/mol. The number of nitrogens with zero attached hydrogens (tertiary/aromatic N) is 2. The quantitative estimate of drug-likeness (QED) is 0.662. The van der Waals surface area contributed by atoms with E-state index in [1.165, 1.54) is 7.11 Å². The van der Waals surface area contributed by atoms with Crippen molar-refractivity contribution in [2.75, 3.05) is 12.8 Å². The van der Waals surface area contributed by atoms with Crippen molar-refractivity contribution in [3.63, 3.8) is 0 Å². The molecule has 0 spiro atoms. The first-order valence-corrected chi connectivity index (χ1v) is 5.96. The highest BCUT2D eigenvalue weighted by Crippen LogP contribution is 2.23. The van der Waals surface area contributed by atoms with Crippen LogP contribution in [0.5, 0.6) is 0 Å². The first-order valence-electron chi connectivity index (χ1n) is 5.96. The molecule has 0 aliphatic carbocycles. The molecular formula is C14H17N3O2. The maximum atomic E-state index is 11.6. The van der Waals surface area contributed by atoms with E-state index in [4.69, 9.17) is 10.5 Å². The van der Waals surface area contributed by atoms with Gasteiger partial charge in [0, 0.05) is 5.69 Å². The van der Waals surface area contributed by atoms with Gasteiger partial charge in [0.05, 0.1) is 29.7 Å². The lowest BCUT2D eigenvalue weighted by molar-refractivity contribution is 0.0600. The zero-order valence-corrected chi connectivity index (χ0v) is 11.5. The van der Waals surface area contributed by atoms with Gasteiger partial charge in [-0.25, -0.2) is 9.48 Å². The molecule has 0 atom stereocenters. The van der Waals surface area contributed by atoms with Gasteiger partial charge >= 0.3 is 5.97 Å². The molecule has 100 valence electrons. The van der Waals surface area contributed by atoms with Gasteiger partial charge in [-0.3, -0.25) is 0 Å². The van der Waals surface area contributed by atoms with E-state index in [-0.39, 0.29) is 5.97 Å². The lowest BCUT2D eigenvalue weighted by Gasteiger charge is -2.10. The van der Waals surface area contributed by atoms with Crippen LogP contribution in [0.15, 0.2) is 18.2 Å². The third-order valence-electron chi connectivity index (χ3n) is 3.33. The van der Waals surface area contributed by atoms with Gasteiger partial charge in [0.1, 0.15) is 0 Å². The summed E-state index contributed by atoms with van der Waals surface area (Å²) in [5.41, 5.74) is 10.8. The molecule has 0 aliphatic rings. The number of anilines is 1. The molecule has 2 aromatic rings. The van der Waals surface area contributed by atoms with Gasteiger partial charge in [-0.2, -0.15) is 5.10 Å². The summed E-state index contributed by atoms with van der Waals surface area (Å²) in [6.07, 6.45) is 0. The van der Waals surface area contributed by atoms with Crippen molar-refractivity contribution in [2.24, 2.45) is 0 Å². The number of aromatic nitrogens is 2. The van der Waals surface area contributed by atoms with Crippen molar-refractivity contribution in [1.82, 2.24) is 9.78 Å². The number of ether oxygens (including phenoxy) is 1. The second-order valence-electron chi connectivity index (χ2n) is 4.47. The Labute approximate surface area is 112 Å². The minimum atomic E-state index is -0.389. The van der Waals surface area contributed by atoms with E-state index >= 15 is 0 Å². The number of methoxy groups -OCH3 is 1. The number of hydrogen-bond acceptors (Lipinski definition) is 4. The molecule has 5 heteroatoms.